The van der Waals surface area contributed by atoms with Gasteiger partial charge in [-0.1, -0.05) is 74.5 Å². The van der Waals surface area contributed by atoms with Crippen LogP contribution < -0.4 is 0 Å². The maximum absolute atomic E-state index is 8.44. The lowest BCUT2D eigenvalue weighted by Crippen LogP contribution is -1.97. The molecule has 3 aromatic heterocycles. The van der Waals surface area contributed by atoms with Crippen LogP contribution in [0.1, 0.15) is 26.7 Å². The Morgan fingerprint density at radius 1 is 0.800 bits per heavy atom. The van der Waals surface area contributed by atoms with Crippen LogP contribution in [0.4, 0.5) is 0 Å². The van der Waals surface area contributed by atoms with Crippen LogP contribution in [0.15, 0.2) is 101 Å². The molecule has 4 heteroatoms. The number of hydrogen-bond donors (Lipinski definition) is 0. The summed E-state index contributed by atoms with van der Waals surface area (Å²) in [5.41, 5.74) is 6.95. The fourth-order valence-electron chi connectivity index (χ4n) is 4.91. The third-order valence-corrected chi connectivity index (χ3v) is 6.68. The van der Waals surface area contributed by atoms with Gasteiger partial charge in [-0.25, -0.2) is 9.97 Å². The van der Waals surface area contributed by atoms with Crippen LogP contribution in [0.2, 0.25) is 0 Å². The van der Waals surface area contributed by atoms with E-state index in [1.54, 1.807) is 0 Å². The monoisotopic (exact) mass is 454 g/mol. The molecule has 0 N–H and O–H groups in total. The topological polar surface area (TPSA) is 43.9 Å². The second-order valence-electron chi connectivity index (χ2n) is 9.13. The molecule has 7 aromatic rings. The summed E-state index contributed by atoms with van der Waals surface area (Å²) < 4.78 is 17.1. The van der Waals surface area contributed by atoms with Gasteiger partial charge in [0.25, 0.3) is 0 Å². The Morgan fingerprint density at radius 2 is 1.63 bits per heavy atom. The van der Waals surface area contributed by atoms with E-state index in [1.165, 1.54) is 0 Å². The lowest BCUT2D eigenvalue weighted by atomic mass is 10.0. The smallest absolute Gasteiger partial charge is 0.179 e. The summed E-state index contributed by atoms with van der Waals surface area (Å²) in [5, 5.41) is 3.13. The molecule has 168 valence electrons. The lowest BCUT2D eigenvalue weighted by Gasteiger charge is -2.10. The Hall–Kier alpha value is -4.44. The number of imidazole rings is 1. The molecular weight excluding hydrogens is 430 g/mol. The SMILES string of the molecule is [2H]C(C)(C)c1ccc2c(c1)oc1c(-c3nc4nc5ccccc5cc4n3-c3ccccc3)cccc12. The number of rotatable bonds is 3. The molecule has 0 aliphatic carbocycles. The van der Waals surface area contributed by atoms with Crippen molar-refractivity contribution in [1.29, 1.82) is 0 Å². The highest BCUT2D eigenvalue weighted by Crippen LogP contribution is 2.38. The third-order valence-electron chi connectivity index (χ3n) is 6.68. The number of hydrogen-bond acceptors (Lipinski definition) is 3. The van der Waals surface area contributed by atoms with Gasteiger partial charge in [-0.05, 0) is 47.9 Å². The number of furan rings is 1. The number of nitrogens with zero attached hydrogens (tertiary/aromatic N) is 3. The average Bonchev–Trinajstić information content (AvgIpc) is 3.45. The summed E-state index contributed by atoms with van der Waals surface area (Å²) >= 11 is 0. The van der Waals surface area contributed by atoms with Crippen molar-refractivity contribution < 1.29 is 5.79 Å². The van der Waals surface area contributed by atoms with Gasteiger partial charge in [0, 0.05) is 23.2 Å². The van der Waals surface area contributed by atoms with Crippen molar-refractivity contribution in [3.8, 4) is 17.1 Å². The largest absolute Gasteiger partial charge is 0.455 e. The molecule has 3 heterocycles. The van der Waals surface area contributed by atoms with Crippen LogP contribution in [-0.4, -0.2) is 14.5 Å². The summed E-state index contributed by atoms with van der Waals surface area (Å²) in [6.07, 6.45) is 0. The van der Waals surface area contributed by atoms with Gasteiger partial charge >= 0.3 is 0 Å². The molecule has 4 aromatic carbocycles. The van der Waals surface area contributed by atoms with Crippen LogP contribution in [0.3, 0.4) is 0 Å². The van der Waals surface area contributed by atoms with Crippen LogP contribution in [0.25, 0.3) is 61.1 Å². The van der Waals surface area contributed by atoms with Crippen molar-refractivity contribution in [3.05, 3.63) is 103 Å². The number of benzene rings is 4. The number of para-hydroxylation sites is 3. The molecule has 0 atom stereocenters. The summed E-state index contributed by atoms with van der Waals surface area (Å²) in [7, 11) is 0. The standard InChI is InChI=1S/C31H23N3O/c1-19(2)20-15-16-23-24-12-8-13-25(29(24)35-28(23)18-20)31-33-30-27(34(31)22-10-4-3-5-11-22)17-21-9-6-7-14-26(21)32-30/h3-19H,1-2H3/i19D. The molecule has 0 saturated heterocycles. The number of pyridine rings is 1. The van der Waals surface area contributed by atoms with Crippen LogP contribution in [0, 0.1) is 0 Å². The van der Waals surface area contributed by atoms with E-state index < -0.39 is 5.89 Å². The van der Waals surface area contributed by atoms with Crippen molar-refractivity contribution in [2.45, 2.75) is 19.7 Å². The van der Waals surface area contributed by atoms with Gasteiger partial charge in [0.1, 0.15) is 11.2 Å². The zero-order valence-corrected chi connectivity index (χ0v) is 19.5. The molecule has 0 aliphatic rings. The van der Waals surface area contributed by atoms with Crippen LogP contribution in [0.5, 0.6) is 0 Å². The first-order valence-electron chi connectivity index (χ1n) is 12.3. The van der Waals surface area contributed by atoms with Gasteiger partial charge in [0.2, 0.25) is 0 Å². The van der Waals surface area contributed by atoms with E-state index in [2.05, 4.69) is 47.0 Å². The van der Waals surface area contributed by atoms with Gasteiger partial charge < -0.3 is 4.42 Å². The molecule has 7 rings (SSSR count). The number of aromatic nitrogens is 3. The summed E-state index contributed by atoms with van der Waals surface area (Å²) in [6.45, 7) is 3.78. The Morgan fingerprint density at radius 3 is 2.49 bits per heavy atom. The minimum atomic E-state index is -0.703. The van der Waals surface area contributed by atoms with Gasteiger partial charge in [-0.2, -0.15) is 0 Å². The fourth-order valence-corrected chi connectivity index (χ4v) is 4.91. The summed E-state index contributed by atoms with van der Waals surface area (Å²) in [5.74, 6) is 0.0787. The zero-order valence-electron chi connectivity index (χ0n) is 20.5. The fraction of sp³-hybridized carbons (Fsp3) is 0.0968. The Kier molecular flexibility index (Phi) is 4.08. The van der Waals surface area contributed by atoms with E-state index >= 15 is 0 Å². The first-order chi connectivity index (χ1) is 17.5. The highest BCUT2D eigenvalue weighted by molar-refractivity contribution is 6.09. The van der Waals surface area contributed by atoms with Crippen molar-refractivity contribution in [2.24, 2.45) is 0 Å². The van der Waals surface area contributed by atoms with E-state index in [4.69, 9.17) is 15.8 Å². The summed E-state index contributed by atoms with van der Waals surface area (Å²) in [4.78, 5) is 9.94. The summed E-state index contributed by atoms with van der Waals surface area (Å²) in [6, 6.07) is 32.8. The highest BCUT2D eigenvalue weighted by atomic mass is 16.3. The first-order valence-corrected chi connectivity index (χ1v) is 11.8. The van der Waals surface area contributed by atoms with Gasteiger partial charge in [-0.15, -0.1) is 0 Å². The molecule has 0 fully saturated rings. The molecule has 0 aliphatic heterocycles. The predicted molar refractivity (Wildman–Crippen MR) is 143 cm³/mol. The van der Waals surface area contributed by atoms with Gasteiger partial charge in [0.15, 0.2) is 11.5 Å². The molecule has 0 radical (unpaired) electrons. The molecule has 4 nitrogen and oxygen atoms in total. The normalized spacial score (nSPS) is 12.7. The van der Waals surface area contributed by atoms with Gasteiger partial charge in [-0.3, -0.25) is 4.57 Å². The zero-order chi connectivity index (χ0) is 24.4. The third kappa shape index (κ3) is 3.07. The van der Waals surface area contributed by atoms with E-state index in [-0.39, 0.29) is 0 Å². The minimum absolute atomic E-state index is 0.693. The molecule has 0 unspecified atom stereocenters. The van der Waals surface area contributed by atoms with Gasteiger partial charge in [0.05, 0.1) is 16.6 Å². The van der Waals surface area contributed by atoms with E-state index in [1.807, 2.05) is 68.4 Å². The second kappa shape index (κ2) is 7.54. The number of fused-ring (bicyclic) bond motifs is 5. The first kappa shape index (κ1) is 18.9. The predicted octanol–water partition coefficient (Wildman–Crippen LogP) is 8.26. The van der Waals surface area contributed by atoms with Crippen LogP contribution in [-0.2, 0) is 0 Å². The maximum Gasteiger partial charge on any atom is 0.179 e. The van der Waals surface area contributed by atoms with Crippen molar-refractivity contribution in [2.75, 3.05) is 0 Å². The molecular formula is C31H23N3O. The average molecular weight is 455 g/mol. The molecule has 35 heavy (non-hydrogen) atoms. The minimum Gasteiger partial charge on any atom is -0.455 e. The molecule has 0 saturated carbocycles. The Bertz CT molecular complexity index is 1930. The Labute approximate surface area is 203 Å². The molecule has 0 bridgehead atoms. The van der Waals surface area contributed by atoms with Crippen molar-refractivity contribution in [1.82, 2.24) is 14.5 Å². The van der Waals surface area contributed by atoms with Crippen LogP contribution >= 0.6 is 0 Å². The highest BCUT2D eigenvalue weighted by Gasteiger charge is 2.21. The van der Waals surface area contributed by atoms with Crippen molar-refractivity contribution >= 4 is 44.0 Å². The van der Waals surface area contributed by atoms with Crippen molar-refractivity contribution in [3.63, 3.8) is 0 Å². The Balaban J connectivity index is 1.56. The quantitative estimate of drug-likeness (QED) is 0.270. The van der Waals surface area contributed by atoms with E-state index in [9.17, 15) is 0 Å². The molecule has 0 amide bonds. The molecule has 0 spiro atoms. The second-order valence-corrected chi connectivity index (χ2v) is 9.13. The lowest BCUT2D eigenvalue weighted by molar-refractivity contribution is 0.667. The van der Waals surface area contributed by atoms with E-state index in [0.717, 1.165) is 61.0 Å². The maximum atomic E-state index is 8.44. The van der Waals surface area contributed by atoms with E-state index in [0.29, 0.717) is 5.65 Å².